The first kappa shape index (κ1) is 22.3. The predicted octanol–water partition coefficient (Wildman–Crippen LogP) is 6.58. The van der Waals surface area contributed by atoms with E-state index >= 15 is 0 Å². The van der Waals surface area contributed by atoms with Gasteiger partial charge in [0.05, 0.1) is 5.92 Å². The molecule has 1 saturated carbocycles. The van der Waals surface area contributed by atoms with Crippen molar-refractivity contribution in [1.29, 1.82) is 0 Å². The van der Waals surface area contributed by atoms with Crippen LogP contribution in [-0.4, -0.2) is 11.9 Å². The van der Waals surface area contributed by atoms with Crippen molar-refractivity contribution in [3.8, 4) is 5.75 Å². The molecule has 1 aliphatic rings. The fraction of sp³-hybridized carbons (Fsp3) is 0.172. The molecule has 33 heavy (non-hydrogen) atoms. The number of amides is 1. The minimum absolute atomic E-state index is 0.0960. The summed E-state index contributed by atoms with van der Waals surface area (Å²) in [7, 11) is 0. The number of hydrogen-bond donors (Lipinski definition) is 1. The molecule has 0 radical (unpaired) electrons. The van der Waals surface area contributed by atoms with Gasteiger partial charge < -0.3 is 10.1 Å². The van der Waals surface area contributed by atoms with E-state index < -0.39 is 0 Å². The van der Waals surface area contributed by atoms with Gasteiger partial charge in [-0.3, -0.25) is 9.59 Å². The van der Waals surface area contributed by atoms with Crippen LogP contribution in [0.4, 0.5) is 5.69 Å². The smallest absolute Gasteiger partial charge is 0.314 e. The SMILES string of the molecule is CC(=O)Nc1ccc2c(OC(=O)[C@@H]3CCC3c3ccccc3)cccc2c1.c1ccccc1. The topological polar surface area (TPSA) is 55.4 Å². The van der Waals surface area contributed by atoms with Crippen LogP contribution in [-0.2, 0) is 9.59 Å². The van der Waals surface area contributed by atoms with Crippen molar-refractivity contribution in [3.63, 3.8) is 0 Å². The maximum absolute atomic E-state index is 12.8. The lowest BCUT2D eigenvalue weighted by molar-refractivity contribution is -0.142. The molecule has 0 spiro atoms. The van der Waals surface area contributed by atoms with Crippen LogP contribution >= 0.6 is 0 Å². The van der Waals surface area contributed by atoms with Crippen LogP contribution in [0, 0.1) is 5.92 Å². The highest BCUT2D eigenvalue weighted by Gasteiger charge is 2.38. The molecule has 0 heterocycles. The Morgan fingerprint density at radius 1 is 0.788 bits per heavy atom. The Kier molecular flexibility index (Phi) is 7.16. The molecule has 1 N–H and O–H groups in total. The highest BCUT2D eigenvalue weighted by molar-refractivity contribution is 5.96. The number of nitrogens with one attached hydrogen (secondary N) is 1. The van der Waals surface area contributed by atoms with Crippen molar-refractivity contribution in [3.05, 3.63) is 109 Å². The normalized spacial score (nSPS) is 16.6. The second-order valence-corrected chi connectivity index (χ2v) is 8.15. The van der Waals surface area contributed by atoms with Crippen molar-refractivity contribution in [2.75, 3.05) is 5.32 Å². The van der Waals surface area contributed by atoms with Gasteiger partial charge in [0.25, 0.3) is 0 Å². The number of hydrogen-bond acceptors (Lipinski definition) is 3. The molecule has 1 amide bonds. The van der Waals surface area contributed by atoms with E-state index in [1.807, 2.05) is 91.0 Å². The molecule has 0 aromatic heterocycles. The second-order valence-electron chi connectivity index (χ2n) is 8.15. The number of ether oxygens (including phenoxy) is 1. The van der Waals surface area contributed by atoms with Gasteiger partial charge in [-0.1, -0.05) is 78.9 Å². The molecule has 1 unspecified atom stereocenters. The van der Waals surface area contributed by atoms with Crippen molar-refractivity contribution in [2.24, 2.45) is 5.92 Å². The van der Waals surface area contributed by atoms with Crippen molar-refractivity contribution >= 4 is 28.3 Å². The highest BCUT2D eigenvalue weighted by atomic mass is 16.5. The van der Waals surface area contributed by atoms with Crippen molar-refractivity contribution in [1.82, 2.24) is 0 Å². The Hall–Kier alpha value is -3.92. The summed E-state index contributed by atoms with van der Waals surface area (Å²) in [6, 6.07) is 33.3. The second kappa shape index (κ2) is 10.6. The standard InChI is InChI=1S/C23H21NO3.C6H6/c1-15(25)24-18-10-11-20-17(14-18)8-5-9-22(20)27-23(26)21-13-12-19(21)16-6-3-2-4-7-16;1-2-4-6-5-3-1/h2-11,14,19,21H,12-13H2,1H3,(H,24,25);1-6H/t19?,21-;/m1./s1. The third-order valence-corrected chi connectivity index (χ3v) is 5.84. The largest absolute Gasteiger partial charge is 0.426 e. The molecule has 4 aromatic rings. The van der Waals surface area contributed by atoms with E-state index in [-0.39, 0.29) is 23.7 Å². The first-order chi connectivity index (χ1) is 16.1. The zero-order valence-electron chi connectivity index (χ0n) is 18.6. The quantitative estimate of drug-likeness (QED) is 0.290. The zero-order valence-corrected chi connectivity index (χ0v) is 18.6. The monoisotopic (exact) mass is 437 g/mol. The molecular formula is C29H27NO3. The Morgan fingerprint density at radius 2 is 1.45 bits per heavy atom. The van der Waals surface area contributed by atoms with Crippen LogP contribution in [0.25, 0.3) is 10.8 Å². The molecule has 0 bridgehead atoms. The van der Waals surface area contributed by atoms with E-state index in [1.54, 1.807) is 0 Å². The van der Waals surface area contributed by atoms with Crippen LogP contribution in [0.2, 0.25) is 0 Å². The van der Waals surface area contributed by atoms with Crippen LogP contribution in [0.3, 0.4) is 0 Å². The van der Waals surface area contributed by atoms with Crippen molar-refractivity contribution in [2.45, 2.75) is 25.7 Å². The number of esters is 1. The maximum Gasteiger partial charge on any atom is 0.314 e. The third kappa shape index (κ3) is 5.66. The number of benzene rings is 4. The summed E-state index contributed by atoms with van der Waals surface area (Å²) in [5.74, 6) is 0.411. The van der Waals surface area contributed by atoms with E-state index in [2.05, 4.69) is 17.4 Å². The fourth-order valence-corrected chi connectivity index (χ4v) is 4.07. The maximum atomic E-state index is 12.8. The Labute approximate surface area is 194 Å². The van der Waals surface area contributed by atoms with Gasteiger partial charge in [0.1, 0.15) is 5.75 Å². The summed E-state index contributed by atoms with van der Waals surface area (Å²) in [4.78, 5) is 24.0. The molecule has 1 aliphatic carbocycles. The minimum atomic E-state index is -0.173. The summed E-state index contributed by atoms with van der Waals surface area (Å²) >= 11 is 0. The van der Waals surface area contributed by atoms with Crippen LogP contribution < -0.4 is 10.1 Å². The Morgan fingerprint density at radius 3 is 2.06 bits per heavy atom. The lowest BCUT2D eigenvalue weighted by atomic mass is 9.70. The zero-order chi connectivity index (χ0) is 23.0. The fourth-order valence-electron chi connectivity index (χ4n) is 4.07. The lowest BCUT2D eigenvalue weighted by Crippen LogP contribution is -2.34. The Balaban J connectivity index is 0.000000376. The van der Waals surface area contributed by atoms with E-state index in [1.165, 1.54) is 12.5 Å². The van der Waals surface area contributed by atoms with E-state index in [9.17, 15) is 9.59 Å². The van der Waals surface area contributed by atoms with E-state index in [0.29, 0.717) is 5.75 Å². The summed E-state index contributed by atoms with van der Waals surface area (Å²) in [5, 5.41) is 4.54. The molecular weight excluding hydrogens is 410 g/mol. The summed E-state index contributed by atoms with van der Waals surface area (Å²) in [6.07, 6.45) is 1.87. The number of rotatable bonds is 4. The number of carbonyl (C=O) groups is 2. The molecule has 5 rings (SSSR count). The average molecular weight is 438 g/mol. The molecule has 0 aliphatic heterocycles. The van der Waals surface area contributed by atoms with E-state index in [0.717, 1.165) is 29.3 Å². The van der Waals surface area contributed by atoms with Gasteiger partial charge in [-0.05, 0) is 54.0 Å². The van der Waals surface area contributed by atoms with Gasteiger partial charge in [-0.2, -0.15) is 0 Å². The first-order valence-electron chi connectivity index (χ1n) is 11.2. The Bertz CT molecular complexity index is 1190. The minimum Gasteiger partial charge on any atom is -0.426 e. The molecule has 4 heteroatoms. The molecule has 1 fully saturated rings. The summed E-state index contributed by atoms with van der Waals surface area (Å²) in [6.45, 7) is 1.48. The predicted molar refractivity (Wildman–Crippen MR) is 132 cm³/mol. The van der Waals surface area contributed by atoms with Crippen LogP contribution in [0.5, 0.6) is 5.75 Å². The number of fused-ring (bicyclic) bond motifs is 1. The van der Waals surface area contributed by atoms with Gasteiger partial charge in [-0.25, -0.2) is 0 Å². The number of anilines is 1. The van der Waals surface area contributed by atoms with Gasteiger partial charge in [0, 0.05) is 18.0 Å². The van der Waals surface area contributed by atoms with E-state index in [4.69, 9.17) is 4.74 Å². The summed E-state index contributed by atoms with van der Waals surface area (Å²) < 4.78 is 5.78. The molecule has 4 nitrogen and oxygen atoms in total. The molecule has 166 valence electrons. The van der Waals surface area contributed by atoms with Gasteiger partial charge >= 0.3 is 5.97 Å². The van der Waals surface area contributed by atoms with Gasteiger partial charge in [0.2, 0.25) is 5.91 Å². The average Bonchev–Trinajstić information content (AvgIpc) is 2.80. The molecule has 2 atom stereocenters. The summed E-state index contributed by atoms with van der Waals surface area (Å²) in [5.41, 5.74) is 1.92. The lowest BCUT2D eigenvalue weighted by Gasteiger charge is -2.35. The third-order valence-electron chi connectivity index (χ3n) is 5.84. The van der Waals surface area contributed by atoms with Gasteiger partial charge in [0.15, 0.2) is 0 Å². The molecule has 0 saturated heterocycles. The molecule has 4 aromatic carbocycles. The first-order valence-corrected chi connectivity index (χ1v) is 11.2. The highest BCUT2D eigenvalue weighted by Crippen LogP contribution is 2.43. The van der Waals surface area contributed by atoms with Crippen LogP contribution in [0.1, 0.15) is 31.2 Å². The van der Waals surface area contributed by atoms with Crippen molar-refractivity contribution < 1.29 is 14.3 Å². The van der Waals surface area contributed by atoms with Gasteiger partial charge in [-0.15, -0.1) is 0 Å². The van der Waals surface area contributed by atoms with Crippen LogP contribution in [0.15, 0.2) is 103 Å². The number of carbonyl (C=O) groups excluding carboxylic acids is 2.